The monoisotopic (exact) mass is 904 g/mol. The molecule has 0 spiro atoms. The lowest BCUT2D eigenvalue weighted by molar-refractivity contribution is 0.0321. The van der Waals surface area contributed by atoms with Gasteiger partial charge in [-0.3, -0.25) is 9.80 Å². The van der Waals surface area contributed by atoms with Crippen LogP contribution in [0.15, 0.2) is 91.3 Å². The van der Waals surface area contributed by atoms with E-state index in [1.165, 1.54) is 31.2 Å². The SMILES string of the molecule is Clc1cnc2nc(-c3ccc(OCCN4CCOCC4)cc3)[nH]c2c1NC1CCCC1.Clc1cnc2nc(-c3ccc(OCCN4CCOCC4)cc3)[nH]c2c1NCc1ccccc1. The van der Waals surface area contributed by atoms with E-state index < -0.39 is 0 Å². The number of anilines is 2. The minimum absolute atomic E-state index is 0.462. The largest absolute Gasteiger partial charge is 0.492 e. The van der Waals surface area contributed by atoms with Crippen molar-refractivity contribution in [2.45, 2.75) is 38.3 Å². The fourth-order valence-corrected chi connectivity index (χ4v) is 8.58. The Labute approximate surface area is 383 Å². The number of imidazole rings is 2. The van der Waals surface area contributed by atoms with E-state index >= 15 is 0 Å². The van der Waals surface area contributed by atoms with Crippen LogP contribution >= 0.6 is 23.2 Å². The van der Waals surface area contributed by atoms with Crippen molar-refractivity contribution in [2.75, 3.05) is 89.5 Å². The predicted octanol–water partition coefficient (Wildman–Crippen LogP) is 8.95. The van der Waals surface area contributed by atoms with E-state index in [0.717, 1.165) is 122 Å². The van der Waals surface area contributed by atoms with Gasteiger partial charge in [-0.15, -0.1) is 0 Å². The molecule has 1 aliphatic carbocycles. The van der Waals surface area contributed by atoms with Crippen LogP contribution < -0.4 is 20.1 Å². The van der Waals surface area contributed by atoms with Crippen molar-refractivity contribution < 1.29 is 18.9 Å². The highest BCUT2D eigenvalue weighted by molar-refractivity contribution is 6.34. The van der Waals surface area contributed by atoms with Gasteiger partial charge in [0.1, 0.15) is 47.4 Å². The first-order valence-electron chi connectivity index (χ1n) is 22.2. The van der Waals surface area contributed by atoms with Crippen molar-refractivity contribution in [1.82, 2.24) is 39.7 Å². The number of nitrogens with zero attached hydrogens (tertiary/aromatic N) is 6. The molecule has 16 heteroatoms. The smallest absolute Gasteiger partial charge is 0.180 e. The number of hydrogen-bond donors (Lipinski definition) is 4. The normalized spacial score (nSPS) is 16.2. The summed E-state index contributed by atoms with van der Waals surface area (Å²) < 4.78 is 22.6. The molecule has 6 heterocycles. The zero-order valence-corrected chi connectivity index (χ0v) is 37.3. The van der Waals surface area contributed by atoms with Crippen LogP contribution in [-0.2, 0) is 16.0 Å². The fourth-order valence-electron chi connectivity index (χ4n) is 8.17. The average Bonchev–Trinajstić information content (AvgIpc) is 4.13. The molecule has 0 bridgehead atoms. The van der Waals surface area contributed by atoms with Gasteiger partial charge in [-0.05, 0) is 66.9 Å². The first-order chi connectivity index (χ1) is 31.5. The summed E-state index contributed by atoms with van der Waals surface area (Å²) in [6.07, 6.45) is 8.18. The Kier molecular flexibility index (Phi) is 14.7. The first kappa shape index (κ1) is 43.8. The summed E-state index contributed by atoms with van der Waals surface area (Å²) in [5.74, 6) is 3.22. The Morgan fingerprint density at radius 3 is 1.62 bits per heavy atom. The Bertz CT molecular complexity index is 2560. The summed E-state index contributed by atoms with van der Waals surface area (Å²) in [6.45, 7) is 10.9. The number of benzene rings is 3. The standard InChI is InChI=1S/C25H26ClN5O2.C23H28ClN5O2/c26-21-17-28-25-23(22(21)27-16-18-4-2-1-3-5-18)29-24(30-25)19-6-8-20(9-7-19)33-15-12-31-10-13-32-14-11-31;24-19-15-25-23-21(20(19)26-17-3-1-2-4-17)27-22(28-23)16-5-7-18(8-6-16)31-14-11-29-9-12-30-13-10-29/h1-9,17H,10-16H2,(H2,27,28,29,30);5-8,15,17H,1-4,9-14H2,(H2,25,26,27,28). The van der Waals surface area contributed by atoms with Crippen LogP contribution in [0.2, 0.25) is 10.0 Å². The van der Waals surface area contributed by atoms with Gasteiger partial charge in [0, 0.05) is 63.0 Å². The highest BCUT2D eigenvalue weighted by atomic mass is 35.5. The Hall–Kier alpha value is -5.48. The van der Waals surface area contributed by atoms with Crippen molar-refractivity contribution in [3.8, 4) is 34.3 Å². The molecule has 0 amide bonds. The highest BCUT2D eigenvalue weighted by Crippen LogP contribution is 2.34. The lowest BCUT2D eigenvalue weighted by atomic mass is 10.2. The summed E-state index contributed by atoms with van der Waals surface area (Å²) in [7, 11) is 0. The first-order valence-corrected chi connectivity index (χ1v) is 23.0. The second-order valence-corrected chi connectivity index (χ2v) is 17.0. The highest BCUT2D eigenvalue weighted by Gasteiger charge is 2.20. The molecule has 64 heavy (non-hydrogen) atoms. The number of morpholine rings is 2. The summed E-state index contributed by atoms with van der Waals surface area (Å²) in [5, 5.41) is 8.20. The van der Waals surface area contributed by atoms with Gasteiger partial charge in [0.15, 0.2) is 11.3 Å². The van der Waals surface area contributed by atoms with Gasteiger partial charge in [-0.2, -0.15) is 0 Å². The Morgan fingerprint density at radius 1 is 0.625 bits per heavy atom. The van der Waals surface area contributed by atoms with E-state index in [2.05, 4.69) is 62.5 Å². The fraction of sp³-hybridized carbons (Fsp3) is 0.375. The van der Waals surface area contributed by atoms with Crippen molar-refractivity contribution in [3.05, 3.63) is 107 Å². The van der Waals surface area contributed by atoms with Gasteiger partial charge in [0.05, 0.1) is 60.2 Å². The molecule has 4 N–H and O–H groups in total. The van der Waals surface area contributed by atoms with Gasteiger partial charge < -0.3 is 39.5 Å². The number of pyridine rings is 2. The molecule has 1 saturated carbocycles. The van der Waals surface area contributed by atoms with E-state index in [1.54, 1.807) is 12.4 Å². The van der Waals surface area contributed by atoms with E-state index in [4.69, 9.17) is 42.1 Å². The molecular formula is C48H54Cl2N10O4. The maximum absolute atomic E-state index is 6.46. The van der Waals surface area contributed by atoms with Crippen LogP contribution in [0.1, 0.15) is 31.2 Å². The third-order valence-electron chi connectivity index (χ3n) is 11.8. The number of fused-ring (bicyclic) bond motifs is 2. The number of hydrogen-bond acceptors (Lipinski definition) is 12. The topological polar surface area (TPSA) is 151 Å². The molecule has 2 saturated heterocycles. The van der Waals surface area contributed by atoms with E-state index in [0.29, 0.717) is 47.1 Å². The van der Waals surface area contributed by atoms with Crippen molar-refractivity contribution in [2.24, 2.45) is 0 Å². The molecular weight excluding hydrogens is 851 g/mol. The third kappa shape index (κ3) is 11.2. The lowest BCUT2D eigenvalue weighted by Crippen LogP contribution is -2.38. The van der Waals surface area contributed by atoms with Crippen LogP contribution in [0, 0.1) is 0 Å². The molecule has 0 unspecified atom stereocenters. The van der Waals surface area contributed by atoms with Crippen LogP contribution in [0.25, 0.3) is 45.1 Å². The molecule has 10 rings (SSSR count). The Balaban J connectivity index is 0.000000162. The molecule has 0 atom stereocenters. The van der Waals surface area contributed by atoms with E-state index in [1.807, 2.05) is 66.7 Å². The maximum atomic E-state index is 6.46. The van der Waals surface area contributed by atoms with Gasteiger partial charge in [0.25, 0.3) is 0 Å². The van der Waals surface area contributed by atoms with Gasteiger partial charge in [-0.1, -0.05) is 66.4 Å². The molecule has 3 aromatic carbocycles. The summed E-state index contributed by atoms with van der Waals surface area (Å²) in [5.41, 5.74) is 7.76. The summed E-state index contributed by atoms with van der Waals surface area (Å²) in [4.78, 5) is 29.7. The number of H-pyrrole nitrogens is 2. The van der Waals surface area contributed by atoms with E-state index in [-0.39, 0.29) is 0 Å². The molecule has 7 aromatic rings. The number of nitrogens with one attached hydrogen (secondary N) is 4. The average molecular weight is 906 g/mol. The zero-order chi connectivity index (χ0) is 43.5. The van der Waals surface area contributed by atoms with Crippen LogP contribution in [-0.4, -0.2) is 125 Å². The zero-order valence-electron chi connectivity index (χ0n) is 35.8. The van der Waals surface area contributed by atoms with Crippen LogP contribution in [0.5, 0.6) is 11.5 Å². The number of rotatable bonds is 15. The van der Waals surface area contributed by atoms with E-state index in [9.17, 15) is 0 Å². The molecule has 4 aromatic heterocycles. The molecule has 334 valence electrons. The quantitative estimate of drug-likeness (QED) is 0.0778. The molecule has 2 aliphatic heterocycles. The molecule has 0 radical (unpaired) electrons. The number of aromatic amines is 2. The van der Waals surface area contributed by atoms with Gasteiger partial charge >= 0.3 is 0 Å². The summed E-state index contributed by atoms with van der Waals surface area (Å²) >= 11 is 12.9. The maximum Gasteiger partial charge on any atom is 0.180 e. The number of aromatic nitrogens is 6. The molecule has 3 aliphatic rings. The van der Waals surface area contributed by atoms with Crippen molar-refractivity contribution >= 4 is 56.9 Å². The summed E-state index contributed by atoms with van der Waals surface area (Å²) in [6, 6.07) is 26.6. The lowest BCUT2D eigenvalue weighted by Gasteiger charge is -2.26. The molecule has 3 fully saturated rings. The molecule has 14 nitrogen and oxygen atoms in total. The van der Waals surface area contributed by atoms with Crippen LogP contribution in [0.4, 0.5) is 11.4 Å². The third-order valence-corrected chi connectivity index (χ3v) is 12.4. The minimum atomic E-state index is 0.462. The van der Waals surface area contributed by atoms with Crippen molar-refractivity contribution in [1.29, 1.82) is 0 Å². The van der Waals surface area contributed by atoms with Gasteiger partial charge in [0.2, 0.25) is 0 Å². The Morgan fingerprint density at radius 2 is 1.11 bits per heavy atom. The predicted molar refractivity (Wildman–Crippen MR) is 254 cm³/mol. The number of ether oxygens (including phenoxy) is 4. The number of halogens is 2. The van der Waals surface area contributed by atoms with Crippen LogP contribution in [0.3, 0.4) is 0 Å². The van der Waals surface area contributed by atoms with Gasteiger partial charge in [-0.25, -0.2) is 19.9 Å². The minimum Gasteiger partial charge on any atom is -0.492 e. The second-order valence-electron chi connectivity index (χ2n) is 16.1. The van der Waals surface area contributed by atoms with Crippen molar-refractivity contribution in [3.63, 3.8) is 0 Å². The second kappa shape index (κ2) is 21.5.